The molecule has 2 heterocycles. The van der Waals surface area contributed by atoms with Crippen LogP contribution >= 0.6 is 0 Å². The molecule has 1 amide bonds. The average Bonchev–Trinajstić information content (AvgIpc) is 3.26. The van der Waals surface area contributed by atoms with Gasteiger partial charge in [0.25, 0.3) is 5.89 Å². The summed E-state index contributed by atoms with van der Waals surface area (Å²) in [5.74, 6) is 0.778. The lowest BCUT2D eigenvalue weighted by atomic mass is 9.95. The van der Waals surface area contributed by atoms with E-state index in [0.29, 0.717) is 49.8 Å². The molecule has 0 bridgehead atoms. The van der Waals surface area contributed by atoms with Crippen LogP contribution in [0.25, 0.3) is 11.5 Å². The number of benzene rings is 2. The van der Waals surface area contributed by atoms with Gasteiger partial charge in [-0.2, -0.15) is 18.2 Å². The first-order valence-electron chi connectivity index (χ1n) is 10.8. The number of hydrogen-bond donors (Lipinski definition) is 1. The Hall–Kier alpha value is -3.20. The van der Waals surface area contributed by atoms with Crippen LogP contribution in [0, 0.1) is 12.8 Å². The maximum atomic E-state index is 12.8. The lowest BCUT2D eigenvalue weighted by Crippen LogP contribution is -2.40. The van der Waals surface area contributed by atoms with Crippen LogP contribution in [-0.4, -0.2) is 34.0 Å². The fraction of sp³-hybridized carbons (Fsp3) is 0.375. The van der Waals surface area contributed by atoms with Crippen molar-refractivity contribution in [2.75, 3.05) is 13.1 Å². The van der Waals surface area contributed by atoms with Crippen molar-refractivity contribution in [1.29, 1.82) is 0 Å². The predicted octanol–water partition coefficient (Wildman–Crippen LogP) is 4.59. The van der Waals surface area contributed by atoms with Crippen LogP contribution in [0.2, 0.25) is 0 Å². The molecule has 1 aliphatic rings. The van der Waals surface area contributed by atoms with Crippen molar-refractivity contribution in [2.45, 2.75) is 39.0 Å². The van der Waals surface area contributed by atoms with E-state index >= 15 is 0 Å². The highest BCUT2D eigenvalue weighted by molar-refractivity contribution is 5.78. The maximum absolute atomic E-state index is 12.8. The minimum atomic E-state index is -4.40. The molecule has 3 aromatic rings. The van der Waals surface area contributed by atoms with Gasteiger partial charge < -0.3 is 9.84 Å². The van der Waals surface area contributed by atoms with Crippen LogP contribution in [0.3, 0.4) is 0 Å². The Labute approximate surface area is 189 Å². The minimum Gasteiger partial charge on any atom is -0.352 e. The Bertz CT molecular complexity index is 1090. The molecule has 0 radical (unpaired) electrons. The number of carbonyl (C=O) groups is 1. The average molecular weight is 458 g/mol. The first-order chi connectivity index (χ1) is 15.8. The fourth-order valence-corrected chi connectivity index (χ4v) is 3.88. The van der Waals surface area contributed by atoms with Gasteiger partial charge in [-0.3, -0.25) is 9.69 Å². The molecule has 0 saturated carbocycles. The van der Waals surface area contributed by atoms with Crippen molar-refractivity contribution in [2.24, 2.45) is 5.92 Å². The van der Waals surface area contributed by atoms with Gasteiger partial charge in [-0.05, 0) is 62.7 Å². The van der Waals surface area contributed by atoms with E-state index in [4.69, 9.17) is 4.52 Å². The zero-order valence-electron chi connectivity index (χ0n) is 18.2. The number of hydrogen-bond acceptors (Lipinski definition) is 5. The van der Waals surface area contributed by atoms with Crippen molar-refractivity contribution in [3.8, 4) is 11.5 Å². The molecule has 1 aromatic heterocycles. The summed E-state index contributed by atoms with van der Waals surface area (Å²) in [5.41, 5.74) is 1.74. The molecule has 1 fully saturated rings. The Balaban J connectivity index is 1.24. The first-order valence-corrected chi connectivity index (χ1v) is 10.8. The Morgan fingerprint density at radius 2 is 1.88 bits per heavy atom. The van der Waals surface area contributed by atoms with Crippen molar-refractivity contribution in [3.05, 3.63) is 71.0 Å². The number of aryl methyl sites for hydroxylation is 1. The van der Waals surface area contributed by atoms with Crippen LogP contribution in [-0.2, 0) is 24.1 Å². The highest BCUT2D eigenvalue weighted by atomic mass is 19.4. The number of aromatic nitrogens is 2. The summed E-state index contributed by atoms with van der Waals surface area (Å²) in [5, 5.41) is 6.84. The molecule has 0 aliphatic carbocycles. The minimum absolute atomic E-state index is 0.0770. The number of piperidine rings is 1. The van der Waals surface area contributed by atoms with Crippen LogP contribution < -0.4 is 5.32 Å². The first kappa shape index (κ1) is 23.0. The molecule has 1 N–H and O–H groups in total. The maximum Gasteiger partial charge on any atom is 0.416 e. The summed E-state index contributed by atoms with van der Waals surface area (Å²) < 4.78 is 43.9. The topological polar surface area (TPSA) is 71.3 Å². The number of likely N-dealkylation sites (tertiary alicyclic amines) is 1. The summed E-state index contributed by atoms with van der Waals surface area (Å²) in [4.78, 5) is 19.1. The lowest BCUT2D eigenvalue weighted by Gasteiger charge is -2.30. The second-order valence-electron chi connectivity index (χ2n) is 8.35. The van der Waals surface area contributed by atoms with E-state index in [1.54, 1.807) is 6.07 Å². The SMILES string of the molecule is Cc1ccc(-c2nc(CN3CCC(C(=O)NCc4cccc(C(F)(F)F)c4)CC3)no2)cc1. The van der Waals surface area contributed by atoms with Gasteiger partial charge in [-0.1, -0.05) is 35.0 Å². The van der Waals surface area contributed by atoms with E-state index in [1.807, 2.05) is 31.2 Å². The molecule has 6 nitrogen and oxygen atoms in total. The number of amides is 1. The largest absolute Gasteiger partial charge is 0.416 e. The predicted molar refractivity (Wildman–Crippen MR) is 116 cm³/mol. The molecule has 174 valence electrons. The molecular formula is C24H25F3N4O2. The Kier molecular flexibility index (Phi) is 6.78. The highest BCUT2D eigenvalue weighted by Crippen LogP contribution is 2.29. The summed E-state index contributed by atoms with van der Waals surface area (Å²) in [6, 6.07) is 12.9. The third kappa shape index (κ3) is 5.98. The van der Waals surface area contributed by atoms with Crippen LogP contribution in [0.4, 0.5) is 13.2 Å². The number of rotatable bonds is 6. The monoisotopic (exact) mass is 458 g/mol. The van der Waals surface area contributed by atoms with Gasteiger partial charge >= 0.3 is 6.18 Å². The van der Waals surface area contributed by atoms with Crippen molar-refractivity contribution in [1.82, 2.24) is 20.4 Å². The van der Waals surface area contributed by atoms with Crippen molar-refractivity contribution < 1.29 is 22.5 Å². The zero-order chi connectivity index (χ0) is 23.4. The van der Waals surface area contributed by atoms with Gasteiger partial charge in [-0.25, -0.2) is 0 Å². The summed E-state index contributed by atoms with van der Waals surface area (Å²) in [7, 11) is 0. The van der Waals surface area contributed by atoms with Gasteiger partial charge in [0.15, 0.2) is 5.82 Å². The highest BCUT2D eigenvalue weighted by Gasteiger charge is 2.30. The number of nitrogens with one attached hydrogen (secondary N) is 1. The summed E-state index contributed by atoms with van der Waals surface area (Å²) >= 11 is 0. The molecular weight excluding hydrogens is 433 g/mol. The lowest BCUT2D eigenvalue weighted by molar-refractivity contribution is -0.137. The second-order valence-corrected chi connectivity index (χ2v) is 8.35. The number of nitrogens with zero attached hydrogens (tertiary/aromatic N) is 3. The number of carbonyl (C=O) groups excluding carboxylic acids is 1. The van der Waals surface area contributed by atoms with Crippen LogP contribution in [0.5, 0.6) is 0 Å². The van der Waals surface area contributed by atoms with Gasteiger partial charge in [0, 0.05) is 18.0 Å². The molecule has 9 heteroatoms. The van der Waals surface area contributed by atoms with Crippen LogP contribution in [0.1, 0.15) is 35.4 Å². The van der Waals surface area contributed by atoms with Crippen molar-refractivity contribution >= 4 is 5.91 Å². The van der Waals surface area contributed by atoms with Crippen molar-refractivity contribution in [3.63, 3.8) is 0 Å². The zero-order valence-corrected chi connectivity index (χ0v) is 18.2. The Morgan fingerprint density at radius 3 is 2.58 bits per heavy atom. The quantitative estimate of drug-likeness (QED) is 0.585. The molecule has 4 rings (SSSR count). The van der Waals surface area contributed by atoms with Crippen LogP contribution in [0.15, 0.2) is 53.1 Å². The van der Waals surface area contributed by atoms with E-state index in [1.165, 1.54) is 6.07 Å². The smallest absolute Gasteiger partial charge is 0.352 e. The molecule has 33 heavy (non-hydrogen) atoms. The Morgan fingerprint density at radius 1 is 1.15 bits per heavy atom. The summed E-state index contributed by atoms with van der Waals surface area (Å²) in [6.07, 6.45) is -3.07. The van der Waals surface area contributed by atoms with E-state index in [0.717, 1.165) is 23.3 Å². The van der Waals surface area contributed by atoms with Gasteiger partial charge in [0.1, 0.15) is 0 Å². The van der Waals surface area contributed by atoms with Gasteiger partial charge in [-0.15, -0.1) is 0 Å². The molecule has 1 saturated heterocycles. The van der Waals surface area contributed by atoms with E-state index < -0.39 is 11.7 Å². The normalized spacial score (nSPS) is 15.5. The van der Waals surface area contributed by atoms with E-state index in [-0.39, 0.29) is 18.4 Å². The van der Waals surface area contributed by atoms with E-state index in [9.17, 15) is 18.0 Å². The standard InChI is InChI=1S/C24H25F3N4O2/c1-16-5-7-19(8-6-16)23-29-21(30-33-23)15-31-11-9-18(10-12-31)22(32)28-14-17-3-2-4-20(13-17)24(25,26)27/h2-8,13,18H,9-12,14-15H2,1H3,(H,28,32). The second kappa shape index (κ2) is 9.74. The summed E-state index contributed by atoms with van der Waals surface area (Å²) in [6.45, 7) is 4.03. The molecule has 1 aliphatic heterocycles. The fourth-order valence-electron chi connectivity index (χ4n) is 3.88. The number of alkyl halides is 3. The van der Waals surface area contributed by atoms with E-state index in [2.05, 4.69) is 20.4 Å². The third-order valence-electron chi connectivity index (χ3n) is 5.81. The molecule has 0 unspecified atom stereocenters. The van der Waals surface area contributed by atoms with Gasteiger partial charge in [0.2, 0.25) is 5.91 Å². The molecule has 0 atom stereocenters. The number of halogens is 3. The third-order valence-corrected chi connectivity index (χ3v) is 5.81. The molecule has 2 aromatic carbocycles. The van der Waals surface area contributed by atoms with Gasteiger partial charge in [0.05, 0.1) is 12.1 Å². The molecule has 0 spiro atoms.